The normalized spacial score (nSPS) is 18.3. The molecular weight excluding hydrogens is 268 g/mol. The molecule has 88 valence electrons. The molecule has 1 aromatic heterocycles. The van der Waals surface area contributed by atoms with Crippen molar-refractivity contribution in [2.75, 3.05) is 0 Å². The molecule has 0 aromatic carbocycles. The predicted molar refractivity (Wildman–Crippen MR) is 67.0 cm³/mol. The molecule has 0 radical (unpaired) electrons. The van der Waals surface area contributed by atoms with E-state index in [-0.39, 0.29) is 0 Å². The van der Waals surface area contributed by atoms with Crippen LogP contribution in [0.25, 0.3) is 0 Å². The minimum Gasteiger partial charge on any atom is -0.386 e. The average Bonchev–Trinajstić information content (AvgIpc) is 2.60. The first-order valence-electron chi connectivity index (χ1n) is 5.72. The molecule has 1 aromatic rings. The Morgan fingerprint density at radius 1 is 1.56 bits per heavy atom. The fraction of sp³-hybridized carbons (Fsp3) is 0.583. The fourth-order valence-corrected chi connectivity index (χ4v) is 2.84. The lowest BCUT2D eigenvalue weighted by Crippen LogP contribution is -2.08. The summed E-state index contributed by atoms with van der Waals surface area (Å²) in [4.78, 5) is 0. The molecule has 4 heteroatoms. The van der Waals surface area contributed by atoms with Crippen LogP contribution in [-0.4, -0.2) is 14.9 Å². The van der Waals surface area contributed by atoms with Gasteiger partial charge in [0.25, 0.3) is 0 Å². The molecule has 0 aliphatic heterocycles. The van der Waals surface area contributed by atoms with Gasteiger partial charge in [0, 0.05) is 7.05 Å². The molecule has 0 saturated carbocycles. The van der Waals surface area contributed by atoms with Crippen LogP contribution in [0.5, 0.6) is 0 Å². The maximum Gasteiger partial charge on any atom is 0.100 e. The largest absolute Gasteiger partial charge is 0.386 e. The minimum atomic E-state index is -0.453. The molecule has 1 atom stereocenters. The van der Waals surface area contributed by atoms with E-state index in [1.807, 2.05) is 7.05 Å². The molecule has 0 amide bonds. The first-order chi connectivity index (χ1) is 7.68. The van der Waals surface area contributed by atoms with Crippen molar-refractivity contribution in [1.29, 1.82) is 0 Å². The zero-order chi connectivity index (χ0) is 11.5. The van der Waals surface area contributed by atoms with Gasteiger partial charge in [-0.25, -0.2) is 0 Å². The third-order valence-corrected chi connectivity index (χ3v) is 3.70. The van der Waals surface area contributed by atoms with Gasteiger partial charge in [0.15, 0.2) is 0 Å². The molecule has 0 fully saturated rings. The molecule has 3 nitrogen and oxygen atoms in total. The van der Waals surface area contributed by atoms with Crippen LogP contribution in [0.4, 0.5) is 0 Å². The maximum absolute atomic E-state index is 10.2. The van der Waals surface area contributed by atoms with Gasteiger partial charge in [0.05, 0.1) is 16.4 Å². The third kappa shape index (κ3) is 2.55. The molecule has 0 bridgehead atoms. The summed E-state index contributed by atoms with van der Waals surface area (Å²) in [6.07, 6.45) is 9.12. The van der Waals surface area contributed by atoms with Crippen molar-refractivity contribution in [2.24, 2.45) is 7.05 Å². The van der Waals surface area contributed by atoms with Crippen molar-refractivity contribution in [3.8, 4) is 0 Å². The molecule has 0 saturated heterocycles. The number of nitrogens with zero attached hydrogens (tertiary/aromatic N) is 2. The van der Waals surface area contributed by atoms with Gasteiger partial charge in [-0.1, -0.05) is 11.6 Å². The quantitative estimate of drug-likeness (QED) is 0.867. The molecule has 1 heterocycles. The number of hydrogen-bond donors (Lipinski definition) is 1. The highest BCUT2D eigenvalue weighted by Crippen LogP contribution is 2.30. The van der Waals surface area contributed by atoms with Gasteiger partial charge >= 0.3 is 0 Å². The maximum atomic E-state index is 10.2. The molecular formula is C12H17BrN2O. The van der Waals surface area contributed by atoms with E-state index in [0.717, 1.165) is 29.4 Å². The molecule has 1 N–H and O–H groups in total. The summed E-state index contributed by atoms with van der Waals surface area (Å²) in [5, 5.41) is 14.3. The number of halogens is 1. The third-order valence-electron chi connectivity index (χ3n) is 3.09. The van der Waals surface area contributed by atoms with Crippen LogP contribution in [0, 0.1) is 0 Å². The Morgan fingerprint density at radius 2 is 2.38 bits per heavy atom. The lowest BCUT2D eigenvalue weighted by Gasteiger charge is -2.17. The van der Waals surface area contributed by atoms with Crippen molar-refractivity contribution in [1.82, 2.24) is 9.78 Å². The lowest BCUT2D eigenvalue weighted by molar-refractivity contribution is 0.166. The van der Waals surface area contributed by atoms with E-state index in [9.17, 15) is 5.11 Å². The number of aliphatic hydroxyl groups is 1. The van der Waals surface area contributed by atoms with Crippen molar-refractivity contribution >= 4 is 15.9 Å². The summed E-state index contributed by atoms with van der Waals surface area (Å²) in [6, 6.07) is 0. The van der Waals surface area contributed by atoms with Crippen LogP contribution in [0.1, 0.15) is 43.9 Å². The van der Waals surface area contributed by atoms with Crippen LogP contribution in [-0.2, 0) is 7.05 Å². The van der Waals surface area contributed by atoms with Gasteiger partial charge < -0.3 is 5.11 Å². The first-order valence-corrected chi connectivity index (χ1v) is 6.51. The number of allylic oxidation sites excluding steroid dienone is 1. The molecule has 16 heavy (non-hydrogen) atoms. The monoisotopic (exact) mass is 284 g/mol. The van der Waals surface area contributed by atoms with E-state index in [1.54, 1.807) is 10.9 Å². The van der Waals surface area contributed by atoms with Crippen molar-refractivity contribution in [3.63, 3.8) is 0 Å². The Labute approximate surface area is 104 Å². The van der Waals surface area contributed by atoms with Gasteiger partial charge in [-0.3, -0.25) is 4.68 Å². The van der Waals surface area contributed by atoms with E-state index < -0.39 is 6.10 Å². The number of rotatable bonds is 3. The molecule has 1 aliphatic rings. The van der Waals surface area contributed by atoms with E-state index in [2.05, 4.69) is 27.1 Å². The Morgan fingerprint density at radius 3 is 2.94 bits per heavy atom. The van der Waals surface area contributed by atoms with Gasteiger partial charge in [-0.2, -0.15) is 5.10 Å². The van der Waals surface area contributed by atoms with Crippen LogP contribution in [0.15, 0.2) is 22.3 Å². The lowest BCUT2D eigenvalue weighted by atomic mass is 9.94. The molecule has 2 rings (SSSR count). The summed E-state index contributed by atoms with van der Waals surface area (Å²) in [5.41, 5.74) is 2.25. The van der Waals surface area contributed by atoms with Gasteiger partial charge in [0.1, 0.15) is 6.10 Å². The Hall–Kier alpha value is -0.610. The number of hydrogen-bond acceptors (Lipinski definition) is 2. The second-order valence-electron chi connectivity index (χ2n) is 4.33. The number of aromatic nitrogens is 2. The summed E-state index contributed by atoms with van der Waals surface area (Å²) >= 11 is 3.42. The van der Waals surface area contributed by atoms with Gasteiger partial charge in [-0.15, -0.1) is 0 Å². The van der Waals surface area contributed by atoms with Crippen molar-refractivity contribution < 1.29 is 5.11 Å². The van der Waals surface area contributed by atoms with E-state index in [1.165, 1.54) is 18.4 Å². The Kier molecular flexibility index (Phi) is 3.82. The van der Waals surface area contributed by atoms with Crippen LogP contribution in [0.3, 0.4) is 0 Å². The zero-order valence-electron chi connectivity index (χ0n) is 9.49. The summed E-state index contributed by atoms with van der Waals surface area (Å²) in [6.45, 7) is 0. The molecule has 1 unspecified atom stereocenters. The SMILES string of the molecule is Cn1ncc(Br)c1C(O)CC1=CCCCC1. The smallest absolute Gasteiger partial charge is 0.100 e. The standard InChI is InChI=1S/C12H17BrN2O/c1-15-12(10(13)8-14-15)11(16)7-9-5-3-2-4-6-9/h5,8,11,16H,2-4,6-7H2,1H3. The second kappa shape index (κ2) is 5.15. The Balaban J connectivity index is 2.08. The van der Waals surface area contributed by atoms with Crippen LogP contribution >= 0.6 is 15.9 Å². The van der Waals surface area contributed by atoms with Crippen molar-refractivity contribution in [2.45, 2.75) is 38.2 Å². The van der Waals surface area contributed by atoms with E-state index >= 15 is 0 Å². The number of aliphatic hydroxyl groups excluding tert-OH is 1. The number of aryl methyl sites for hydroxylation is 1. The minimum absolute atomic E-state index is 0.453. The van der Waals surface area contributed by atoms with Crippen LogP contribution in [0.2, 0.25) is 0 Å². The van der Waals surface area contributed by atoms with E-state index in [0.29, 0.717) is 0 Å². The molecule has 1 aliphatic carbocycles. The predicted octanol–water partition coefficient (Wildman–Crippen LogP) is 3.11. The van der Waals surface area contributed by atoms with Crippen molar-refractivity contribution in [3.05, 3.63) is 28.0 Å². The van der Waals surface area contributed by atoms with E-state index in [4.69, 9.17) is 0 Å². The highest BCUT2D eigenvalue weighted by molar-refractivity contribution is 9.10. The summed E-state index contributed by atoms with van der Waals surface area (Å²) < 4.78 is 2.62. The average molecular weight is 285 g/mol. The zero-order valence-corrected chi connectivity index (χ0v) is 11.1. The first kappa shape index (κ1) is 11.9. The molecule has 0 spiro atoms. The summed E-state index contributed by atoms with van der Waals surface area (Å²) in [7, 11) is 1.86. The van der Waals surface area contributed by atoms with Gasteiger partial charge in [-0.05, 0) is 48.0 Å². The highest BCUT2D eigenvalue weighted by Gasteiger charge is 2.18. The Bertz CT molecular complexity index is 378. The highest BCUT2D eigenvalue weighted by atomic mass is 79.9. The second-order valence-corrected chi connectivity index (χ2v) is 5.18. The van der Waals surface area contributed by atoms with Gasteiger partial charge in [0.2, 0.25) is 0 Å². The van der Waals surface area contributed by atoms with Crippen LogP contribution < -0.4 is 0 Å². The summed E-state index contributed by atoms with van der Waals surface area (Å²) in [5.74, 6) is 0. The fourth-order valence-electron chi connectivity index (χ4n) is 2.23. The topological polar surface area (TPSA) is 38.0 Å².